The molecule has 2 aromatic rings. The molecule has 0 aliphatic heterocycles. The number of amides is 1. The molecule has 0 fully saturated rings. The fourth-order valence-electron chi connectivity index (χ4n) is 3.02. The highest BCUT2D eigenvalue weighted by molar-refractivity contribution is 7.99. The predicted molar refractivity (Wildman–Crippen MR) is 94.9 cm³/mol. The summed E-state index contributed by atoms with van der Waals surface area (Å²) >= 11 is 1.38. The summed E-state index contributed by atoms with van der Waals surface area (Å²) in [6.07, 6.45) is 6.67. The zero-order chi connectivity index (χ0) is 17.1. The molecule has 1 aliphatic carbocycles. The van der Waals surface area contributed by atoms with Crippen LogP contribution in [0.4, 0.5) is 0 Å². The summed E-state index contributed by atoms with van der Waals surface area (Å²) in [6, 6.07) is 1.97. The van der Waals surface area contributed by atoms with Crippen molar-refractivity contribution in [2.75, 3.05) is 12.3 Å². The Kier molecular flexibility index (Phi) is 5.18. The monoisotopic (exact) mass is 345 g/mol. The molecule has 2 heterocycles. The highest BCUT2D eigenvalue weighted by Crippen LogP contribution is 2.23. The molecule has 2 aromatic heterocycles. The van der Waals surface area contributed by atoms with Crippen molar-refractivity contribution in [1.29, 1.82) is 0 Å². The fourth-order valence-corrected chi connectivity index (χ4v) is 3.71. The number of rotatable bonds is 5. The van der Waals surface area contributed by atoms with E-state index < -0.39 is 0 Å². The van der Waals surface area contributed by atoms with Gasteiger partial charge in [0.15, 0.2) is 0 Å². The van der Waals surface area contributed by atoms with E-state index in [0.717, 1.165) is 24.2 Å². The van der Waals surface area contributed by atoms with Gasteiger partial charge >= 0.3 is 0 Å². The van der Waals surface area contributed by atoms with E-state index in [1.165, 1.54) is 30.3 Å². The first kappa shape index (κ1) is 17.0. The van der Waals surface area contributed by atoms with E-state index in [2.05, 4.69) is 21.1 Å². The third-order valence-corrected chi connectivity index (χ3v) is 4.98. The molecular weight excluding hydrogens is 322 g/mol. The van der Waals surface area contributed by atoms with Crippen molar-refractivity contribution >= 4 is 23.4 Å². The Morgan fingerprint density at radius 2 is 2.17 bits per heavy atom. The van der Waals surface area contributed by atoms with Crippen LogP contribution in [-0.4, -0.2) is 42.7 Å². The van der Waals surface area contributed by atoms with E-state index in [4.69, 9.17) is 0 Å². The van der Waals surface area contributed by atoms with E-state index >= 15 is 0 Å². The van der Waals surface area contributed by atoms with Crippen molar-refractivity contribution in [3.8, 4) is 0 Å². The molecule has 1 amide bonds. The molecule has 6 nitrogen and oxygen atoms in total. The fraction of sp³-hybridized carbons (Fsp3) is 0.529. The molecule has 0 N–H and O–H groups in total. The van der Waals surface area contributed by atoms with E-state index in [1.54, 1.807) is 4.52 Å². The first-order valence-corrected chi connectivity index (χ1v) is 9.40. The van der Waals surface area contributed by atoms with Crippen molar-refractivity contribution in [1.82, 2.24) is 24.5 Å². The molecule has 1 aliphatic rings. The molecule has 128 valence electrons. The SMILES string of the molecule is CCN(C(=O)CSc1nc2nc(C)cc(C)n2n1)C1=CCCCC1. The van der Waals surface area contributed by atoms with Gasteiger partial charge in [-0.1, -0.05) is 17.8 Å². The van der Waals surface area contributed by atoms with Crippen molar-refractivity contribution in [2.24, 2.45) is 0 Å². The molecule has 0 saturated heterocycles. The third-order valence-electron chi connectivity index (χ3n) is 4.15. The standard InChI is InChI=1S/C17H23N5OS/c1-4-21(14-8-6-5-7-9-14)15(23)11-24-17-19-16-18-12(2)10-13(3)22(16)20-17/h8,10H,4-7,9,11H2,1-3H3. The van der Waals surface area contributed by atoms with Crippen LogP contribution in [0, 0.1) is 13.8 Å². The Hall–Kier alpha value is -1.89. The Labute approximate surface area is 146 Å². The molecule has 3 rings (SSSR count). The summed E-state index contributed by atoms with van der Waals surface area (Å²) in [5, 5.41) is 5.04. The normalized spacial score (nSPS) is 14.7. The molecule has 0 atom stereocenters. The second-order valence-corrected chi connectivity index (χ2v) is 6.96. The number of carbonyl (C=O) groups is 1. The molecule has 7 heteroatoms. The Bertz CT molecular complexity index is 783. The summed E-state index contributed by atoms with van der Waals surface area (Å²) < 4.78 is 1.72. The molecule has 0 radical (unpaired) electrons. The van der Waals surface area contributed by atoms with Gasteiger partial charge in [-0.15, -0.1) is 5.10 Å². The summed E-state index contributed by atoms with van der Waals surface area (Å²) in [5.41, 5.74) is 3.08. The summed E-state index contributed by atoms with van der Waals surface area (Å²) in [6.45, 7) is 6.65. The minimum Gasteiger partial charge on any atom is -0.316 e. The Balaban J connectivity index is 1.69. The molecule has 0 saturated carbocycles. The number of carbonyl (C=O) groups excluding carboxylic acids is 1. The van der Waals surface area contributed by atoms with Crippen LogP contribution in [0.1, 0.15) is 44.0 Å². The Morgan fingerprint density at radius 1 is 1.33 bits per heavy atom. The lowest BCUT2D eigenvalue weighted by Gasteiger charge is -2.26. The van der Waals surface area contributed by atoms with Crippen LogP contribution < -0.4 is 0 Å². The lowest BCUT2D eigenvalue weighted by Crippen LogP contribution is -2.32. The van der Waals surface area contributed by atoms with Gasteiger partial charge in [-0.05, 0) is 52.5 Å². The number of fused-ring (bicyclic) bond motifs is 1. The topological polar surface area (TPSA) is 63.4 Å². The van der Waals surface area contributed by atoms with Gasteiger partial charge in [0.1, 0.15) is 0 Å². The quantitative estimate of drug-likeness (QED) is 0.779. The average molecular weight is 345 g/mol. The Morgan fingerprint density at radius 3 is 2.88 bits per heavy atom. The zero-order valence-electron chi connectivity index (χ0n) is 14.4. The van der Waals surface area contributed by atoms with Gasteiger partial charge in [0.2, 0.25) is 11.1 Å². The summed E-state index contributed by atoms with van der Waals surface area (Å²) in [7, 11) is 0. The van der Waals surface area contributed by atoms with Gasteiger partial charge in [-0.3, -0.25) is 4.79 Å². The van der Waals surface area contributed by atoms with Gasteiger partial charge in [0.25, 0.3) is 5.78 Å². The summed E-state index contributed by atoms with van der Waals surface area (Å²) in [4.78, 5) is 23.3. The van der Waals surface area contributed by atoms with Gasteiger partial charge in [0, 0.05) is 23.6 Å². The number of allylic oxidation sites excluding steroid dienone is 2. The zero-order valence-corrected chi connectivity index (χ0v) is 15.3. The maximum absolute atomic E-state index is 12.6. The molecule has 0 aromatic carbocycles. The first-order valence-electron chi connectivity index (χ1n) is 8.41. The molecule has 24 heavy (non-hydrogen) atoms. The van der Waals surface area contributed by atoms with E-state index in [9.17, 15) is 4.79 Å². The molecule has 0 bridgehead atoms. The van der Waals surface area contributed by atoms with Crippen molar-refractivity contribution in [2.45, 2.75) is 51.6 Å². The molecule has 0 spiro atoms. The van der Waals surface area contributed by atoms with Crippen LogP contribution in [0.3, 0.4) is 0 Å². The van der Waals surface area contributed by atoms with E-state index in [0.29, 0.717) is 23.2 Å². The van der Waals surface area contributed by atoms with Crippen LogP contribution in [0.25, 0.3) is 5.78 Å². The van der Waals surface area contributed by atoms with Gasteiger partial charge in [-0.2, -0.15) is 4.98 Å². The second kappa shape index (κ2) is 7.34. The van der Waals surface area contributed by atoms with Crippen molar-refractivity contribution in [3.63, 3.8) is 0 Å². The predicted octanol–water partition coefficient (Wildman–Crippen LogP) is 3.14. The van der Waals surface area contributed by atoms with E-state index in [1.807, 2.05) is 31.7 Å². The summed E-state index contributed by atoms with van der Waals surface area (Å²) in [5.74, 6) is 1.06. The van der Waals surface area contributed by atoms with Crippen molar-refractivity contribution in [3.05, 3.63) is 29.2 Å². The van der Waals surface area contributed by atoms with Crippen LogP contribution in [0.15, 0.2) is 23.0 Å². The largest absolute Gasteiger partial charge is 0.316 e. The third kappa shape index (κ3) is 3.61. The van der Waals surface area contributed by atoms with Crippen LogP contribution in [0.2, 0.25) is 0 Å². The highest BCUT2D eigenvalue weighted by Gasteiger charge is 2.19. The second-order valence-electron chi connectivity index (χ2n) is 6.01. The first-order chi connectivity index (χ1) is 11.6. The number of hydrogen-bond donors (Lipinski definition) is 0. The van der Waals surface area contributed by atoms with Crippen molar-refractivity contribution < 1.29 is 4.79 Å². The van der Waals surface area contributed by atoms with Crippen LogP contribution >= 0.6 is 11.8 Å². The van der Waals surface area contributed by atoms with Gasteiger partial charge in [0.05, 0.1) is 5.75 Å². The minimum absolute atomic E-state index is 0.121. The van der Waals surface area contributed by atoms with Crippen LogP contribution in [-0.2, 0) is 4.79 Å². The molecule has 0 unspecified atom stereocenters. The number of aryl methyl sites for hydroxylation is 2. The number of thioether (sulfide) groups is 1. The number of aromatic nitrogens is 4. The lowest BCUT2D eigenvalue weighted by molar-refractivity contribution is -0.126. The molecular formula is C17H23N5OS. The smallest absolute Gasteiger partial charge is 0.253 e. The number of hydrogen-bond acceptors (Lipinski definition) is 5. The van der Waals surface area contributed by atoms with Crippen LogP contribution in [0.5, 0.6) is 0 Å². The highest BCUT2D eigenvalue weighted by atomic mass is 32.2. The lowest BCUT2D eigenvalue weighted by atomic mass is 10.0. The van der Waals surface area contributed by atoms with E-state index in [-0.39, 0.29) is 5.91 Å². The number of nitrogens with zero attached hydrogens (tertiary/aromatic N) is 5. The average Bonchev–Trinajstić information content (AvgIpc) is 2.98. The maximum atomic E-state index is 12.6. The minimum atomic E-state index is 0.121. The van der Waals surface area contributed by atoms with Gasteiger partial charge < -0.3 is 4.90 Å². The van der Waals surface area contributed by atoms with Gasteiger partial charge in [-0.25, -0.2) is 9.50 Å². The maximum Gasteiger partial charge on any atom is 0.253 e.